The summed E-state index contributed by atoms with van der Waals surface area (Å²) in [6.45, 7) is 0. The quantitative estimate of drug-likeness (QED) is 0.778. The van der Waals surface area contributed by atoms with Gasteiger partial charge in [-0.15, -0.1) is 0 Å². The number of nitrogen functional groups attached to an aromatic ring is 1. The standard InChI is InChI=1S/C14H11ClN4/c15-11-4-1-5-12(7-11)19-9-13(16)14(18-19)10-3-2-6-17-8-10/h1-9H,16H2. The van der Waals surface area contributed by atoms with E-state index in [9.17, 15) is 0 Å². The van der Waals surface area contributed by atoms with Gasteiger partial charge in [0.25, 0.3) is 0 Å². The lowest BCUT2D eigenvalue weighted by atomic mass is 10.2. The van der Waals surface area contributed by atoms with Crippen molar-refractivity contribution in [3.05, 3.63) is 60.0 Å². The van der Waals surface area contributed by atoms with Crippen LogP contribution in [-0.2, 0) is 0 Å². The molecular formula is C14H11ClN4. The van der Waals surface area contributed by atoms with Crippen LogP contribution in [0.15, 0.2) is 55.0 Å². The van der Waals surface area contributed by atoms with Gasteiger partial charge in [0, 0.05) is 23.0 Å². The first-order valence-electron chi connectivity index (χ1n) is 5.75. The Hall–Kier alpha value is -2.33. The number of pyridine rings is 1. The van der Waals surface area contributed by atoms with Crippen LogP contribution < -0.4 is 5.73 Å². The van der Waals surface area contributed by atoms with Crippen LogP contribution in [0.1, 0.15) is 0 Å². The molecule has 0 spiro atoms. The SMILES string of the molecule is Nc1cn(-c2cccc(Cl)c2)nc1-c1cccnc1. The number of anilines is 1. The van der Waals surface area contributed by atoms with E-state index < -0.39 is 0 Å². The van der Waals surface area contributed by atoms with E-state index >= 15 is 0 Å². The minimum atomic E-state index is 0.605. The van der Waals surface area contributed by atoms with Crippen molar-refractivity contribution in [2.75, 3.05) is 5.73 Å². The summed E-state index contributed by atoms with van der Waals surface area (Å²) in [6.07, 6.45) is 5.22. The molecule has 0 bridgehead atoms. The Kier molecular flexibility index (Phi) is 2.93. The minimum Gasteiger partial charge on any atom is -0.396 e. The molecule has 0 unspecified atom stereocenters. The van der Waals surface area contributed by atoms with Crippen molar-refractivity contribution in [1.82, 2.24) is 14.8 Å². The molecule has 19 heavy (non-hydrogen) atoms. The topological polar surface area (TPSA) is 56.7 Å². The lowest BCUT2D eigenvalue weighted by Crippen LogP contribution is -1.94. The van der Waals surface area contributed by atoms with Gasteiger partial charge in [0.1, 0.15) is 5.69 Å². The molecule has 0 atom stereocenters. The Morgan fingerprint density at radius 3 is 2.79 bits per heavy atom. The third kappa shape index (κ3) is 2.30. The number of hydrogen-bond donors (Lipinski definition) is 1. The van der Waals surface area contributed by atoms with E-state index in [-0.39, 0.29) is 0 Å². The Morgan fingerprint density at radius 2 is 2.05 bits per heavy atom. The summed E-state index contributed by atoms with van der Waals surface area (Å²) in [5.41, 5.74) is 9.08. The second-order valence-electron chi connectivity index (χ2n) is 4.10. The molecule has 3 rings (SSSR count). The van der Waals surface area contributed by atoms with Crippen LogP contribution in [0.25, 0.3) is 16.9 Å². The lowest BCUT2D eigenvalue weighted by molar-refractivity contribution is 0.884. The molecule has 2 N–H and O–H groups in total. The van der Waals surface area contributed by atoms with Crippen molar-refractivity contribution >= 4 is 17.3 Å². The molecule has 0 amide bonds. The van der Waals surface area contributed by atoms with Crippen molar-refractivity contribution in [1.29, 1.82) is 0 Å². The largest absolute Gasteiger partial charge is 0.396 e. The zero-order chi connectivity index (χ0) is 13.2. The molecular weight excluding hydrogens is 260 g/mol. The predicted octanol–water partition coefficient (Wildman–Crippen LogP) is 3.17. The fourth-order valence-electron chi connectivity index (χ4n) is 1.87. The second kappa shape index (κ2) is 4.74. The second-order valence-corrected chi connectivity index (χ2v) is 4.54. The Bertz CT molecular complexity index is 706. The minimum absolute atomic E-state index is 0.605. The van der Waals surface area contributed by atoms with Crippen LogP contribution in [0.3, 0.4) is 0 Å². The summed E-state index contributed by atoms with van der Waals surface area (Å²) < 4.78 is 1.71. The van der Waals surface area contributed by atoms with Crippen LogP contribution in [-0.4, -0.2) is 14.8 Å². The van der Waals surface area contributed by atoms with E-state index in [2.05, 4.69) is 10.1 Å². The van der Waals surface area contributed by atoms with Gasteiger partial charge in [0.05, 0.1) is 17.6 Å². The molecule has 0 fully saturated rings. The van der Waals surface area contributed by atoms with Crippen LogP contribution in [0, 0.1) is 0 Å². The van der Waals surface area contributed by atoms with E-state index in [0.717, 1.165) is 11.3 Å². The summed E-state index contributed by atoms with van der Waals surface area (Å²) in [4.78, 5) is 4.07. The highest BCUT2D eigenvalue weighted by molar-refractivity contribution is 6.30. The average Bonchev–Trinajstić information content (AvgIpc) is 2.82. The van der Waals surface area contributed by atoms with E-state index in [4.69, 9.17) is 17.3 Å². The van der Waals surface area contributed by atoms with Gasteiger partial charge in [0.2, 0.25) is 0 Å². The van der Waals surface area contributed by atoms with Crippen LogP contribution in [0.4, 0.5) is 5.69 Å². The Morgan fingerprint density at radius 1 is 1.16 bits per heavy atom. The smallest absolute Gasteiger partial charge is 0.117 e. The predicted molar refractivity (Wildman–Crippen MR) is 76.2 cm³/mol. The highest BCUT2D eigenvalue weighted by Crippen LogP contribution is 2.25. The summed E-state index contributed by atoms with van der Waals surface area (Å²) in [7, 11) is 0. The average molecular weight is 271 g/mol. The van der Waals surface area contributed by atoms with Crippen molar-refractivity contribution < 1.29 is 0 Å². The first kappa shape index (κ1) is 11.7. The van der Waals surface area contributed by atoms with E-state index in [0.29, 0.717) is 16.4 Å². The summed E-state index contributed by atoms with van der Waals surface area (Å²) in [6, 6.07) is 11.2. The first-order chi connectivity index (χ1) is 9.24. The summed E-state index contributed by atoms with van der Waals surface area (Å²) >= 11 is 5.98. The molecule has 5 heteroatoms. The Labute approximate surface area is 115 Å². The van der Waals surface area contributed by atoms with Crippen molar-refractivity contribution in [2.24, 2.45) is 0 Å². The van der Waals surface area contributed by atoms with Crippen molar-refractivity contribution in [2.45, 2.75) is 0 Å². The molecule has 0 aliphatic carbocycles. The van der Waals surface area contributed by atoms with Gasteiger partial charge in [-0.05, 0) is 30.3 Å². The molecule has 2 heterocycles. The molecule has 0 saturated heterocycles. The molecule has 0 aliphatic heterocycles. The maximum atomic E-state index is 6.00. The number of aromatic nitrogens is 3. The Balaban J connectivity index is 2.07. The normalized spacial score (nSPS) is 10.6. The highest BCUT2D eigenvalue weighted by Gasteiger charge is 2.09. The zero-order valence-corrected chi connectivity index (χ0v) is 10.7. The van der Waals surface area contributed by atoms with Gasteiger partial charge >= 0.3 is 0 Å². The third-order valence-corrected chi connectivity index (χ3v) is 2.99. The third-order valence-electron chi connectivity index (χ3n) is 2.75. The molecule has 4 nitrogen and oxygen atoms in total. The van der Waals surface area contributed by atoms with Gasteiger partial charge in [0.15, 0.2) is 0 Å². The van der Waals surface area contributed by atoms with Gasteiger partial charge < -0.3 is 5.73 Å². The van der Waals surface area contributed by atoms with Crippen molar-refractivity contribution in [3.63, 3.8) is 0 Å². The van der Waals surface area contributed by atoms with Crippen LogP contribution in [0.5, 0.6) is 0 Å². The maximum Gasteiger partial charge on any atom is 0.117 e. The molecule has 1 aromatic carbocycles. The zero-order valence-electron chi connectivity index (χ0n) is 9.99. The molecule has 2 aromatic heterocycles. The maximum absolute atomic E-state index is 6.00. The number of nitrogens with zero attached hydrogens (tertiary/aromatic N) is 3. The summed E-state index contributed by atoms with van der Waals surface area (Å²) in [5.74, 6) is 0. The fourth-order valence-corrected chi connectivity index (χ4v) is 2.05. The first-order valence-corrected chi connectivity index (χ1v) is 6.13. The highest BCUT2D eigenvalue weighted by atomic mass is 35.5. The van der Waals surface area contributed by atoms with Gasteiger partial charge in [-0.2, -0.15) is 5.10 Å². The number of hydrogen-bond acceptors (Lipinski definition) is 3. The number of rotatable bonds is 2. The molecule has 0 aliphatic rings. The van der Waals surface area contributed by atoms with E-state index in [1.165, 1.54) is 0 Å². The van der Waals surface area contributed by atoms with E-state index in [1.54, 1.807) is 23.3 Å². The number of halogens is 1. The monoisotopic (exact) mass is 270 g/mol. The fraction of sp³-hybridized carbons (Fsp3) is 0. The van der Waals surface area contributed by atoms with Crippen LogP contribution in [0.2, 0.25) is 5.02 Å². The van der Waals surface area contributed by atoms with E-state index in [1.807, 2.05) is 36.4 Å². The number of benzene rings is 1. The van der Waals surface area contributed by atoms with Crippen molar-refractivity contribution in [3.8, 4) is 16.9 Å². The molecule has 0 saturated carbocycles. The van der Waals surface area contributed by atoms with Gasteiger partial charge in [-0.1, -0.05) is 17.7 Å². The molecule has 3 aromatic rings. The molecule has 94 valence electrons. The van der Waals surface area contributed by atoms with Crippen LogP contribution >= 0.6 is 11.6 Å². The number of nitrogens with two attached hydrogens (primary N) is 1. The van der Waals surface area contributed by atoms with Gasteiger partial charge in [-0.3, -0.25) is 4.98 Å². The molecule has 0 radical (unpaired) electrons. The lowest BCUT2D eigenvalue weighted by Gasteiger charge is -2.01. The summed E-state index contributed by atoms with van der Waals surface area (Å²) in [5, 5.41) is 5.15. The van der Waals surface area contributed by atoms with Gasteiger partial charge in [-0.25, -0.2) is 4.68 Å².